The second-order valence-electron chi connectivity index (χ2n) is 6.40. The number of thiazole rings is 1. The van der Waals surface area contributed by atoms with Gasteiger partial charge in [0.1, 0.15) is 23.7 Å². The first-order chi connectivity index (χ1) is 14.7. The number of carboxylic acids is 1. The van der Waals surface area contributed by atoms with Crippen LogP contribution >= 0.6 is 23.1 Å². The summed E-state index contributed by atoms with van der Waals surface area (Å²) in [5.41, 5.74) is 5.73. The average molecular weight is 467 g/mol. The molecule has 31 heavy (non-hydrogen) atoms. The zero-order valence-electron chi connectivity index (χ0n) is 16.0. The number of thioether (sulfide) groups is 1. The Balaban J connectivity index is 1.73. The number of fused-ring (bicyclic) bond motifs is 1. The zero-order valence-corrected chi connectivity index (χ0v) is 17.6. The van der Waals surface area contributed by atoms with Crippen molar-refractivity contribution < 1.29 is 29.0 Å². The van der Waals surface area contributed by atoms with E-state index in [-0.39, 0.29) is 28.9 Å². The number of carbonyl (C=O) groups is 4. The number of aliphatic carboxylic acids is 1. The summed E-state index contributed by atoms with van der Waals surface area (Å²) in [5.74, 6) is -2.99. The van der Waals surface area contributed by atoms with Crippen LogP contribution in [0.25, 0.3) is 0 Å². The first-order valence-corrected chi connectivity index (χ1v) is 10.7. The number of β-lactam (4-membered cyclic amide) rings is 1. The quantitative estimate of drug-likeness (QED) is 0.275. The summed E-state index contributed by atoms with van der Waals surface area (Å²) in [7, 11) is 0. The summed E-state index contributed by atoms with van der Waals surface area (Å²) in [4.78, 5) is 63.8. The van der Waals surface area contributed by atoms with E-state index in [0.717, 1.165) is 16.2 Å². The topological polar surface area (TPSA) is 181 Å². The number of anilines is 1. The molecule has 2 aliphatic heterocycles. The Kier molecular flexibility index (Phi) is 6.70. The van der Waals surface area contributed by atoms with Gasteiger partial charge in [-0.25, -0.2) is 9.78 Å². The number of allylic oxidation sites excluding steroid dienone is 1. The van der Waals surface area contributed by atoms with Crippen LogP contribution < -0.4 is 11.1 Å². The lowest BCUT2D eigenvalue weighted by atomic mass is 10.0. The molecule has 164 valence electrons. The van der Waals surface area contributed by atoms with Crippen molar-refractivity contribution in [3.63, 3.8) is 0 Å². The molecular formula is C17H17N5O7S2. The highest BCUT2D eigenvalue weighted by atomic mass is 32.2. The van der Waals surface area contributed by atoms with Crippen molar-refractivity contribution in [2.24, 2.45) is 5.18 Å². The van der Waals surface area contributed by atoms with Crippen LogP contribution in [-0.2, 0) is 23.9 Å². The van der Waals surface area contributed by atoms with Gasteiger partial charge in [0.15, 0.2) is 5.13 Å². The number of carboxylic acid groups (broad SMARTS) is 1. The molecule has 0 radical (unpaired) electrons. The summed E-state index contributed by atoms with van der Waals surface area (Å²) < 4.78 is 4.77. The van der Waals surface area contributed by atoms with Gasteiger partial charge in [-0.1, -0.05) is 6.08 Å². The van der Waals surface area contributed by atoms with E-state index < -0.39 is 41.2 Å². The number of nitrogen functional groups attached to an aromatic ring is 1. The first-order valence-electron chi connectivity index (χ1n) is 8.79. The Bertz CT molecular complexity index is 1000. The second-order valence-corrected chi connectivity index (χ2v) is 8.39. The van der Waals surface area contributed by atoms with Gasteiger partial charge in [0.2, 0.25) is 6.04 Å². The highest BCUT2D eigenvalue weighted by molar-refractivity contribution is 8.00. The Morgan fingerprint density at radius 3 is 2.84 bits per heavy atom. The number of hydrogen-bond donors (Lipinski definition) is 3. The number of nitrogens with zero attached hydrogens (tertiary/aromatic N) is 3. The molecule has 1 saturated heterocycles. The van der Waals surface area contributed by atoms with E-state index in [4.69, 9.17) is 10.5 Å². The zero-order chi connectivity index (χ0) is 22.7. The monoisotopic (exact) mass is 467 g/mol. The van der Waals surface area contributed by atoms with E-state index in [0.29, 0.717) is 5.57 Å². The van der Waals surface area contributed by atoms with Crippen molar-refractivity contribution in [1.82, 2.24) is 15.2 Å². The number of nitroso groups, excluding NO2 is 1. The largest absolute Gasteiger partial charge is 0.477 e. The number of rotatable bonds is 8. The summed E-state index contributed by atoms with van der Waals surface area (Å²) >= 11 is 2.29. The molecule has 2 amide bonds. The van der Waals surface area contributed by atoms with Crippen LogP contribution in [0.5, 0.6) is 0 Å². The van der Waals surface area contributed by atoms with Gasteiger partial charge >= 0.3 is 11.9 Å². The minimum atomic E-state index is -1.47. The lowest BCUT2D eigenvalue weighted by Gasteiger charge is -2.49. The molecule has 1 aromatic heterocycles. The smallest absolute Gasteiger partial charge is 0.352 e. The van der Waals surface area contributed by atoms with Gasteiger partial charge in [-0.05, 0) is 16.8 Å². The van der Waals surface area contributed by atoms with Gasteiger partial charge in [0.05, 0.1) is 5.69 Å². The summed E-state index contributed by atoms with van der Waals surface area (Å²) in [6.07, 6.45) is 2.96. The molecule has 2 aliphatic rings. The van der Waals surface area contributed by atoms with E-state index in [1.54, 1.807) is 0 Å². The molecule has 14 heteroatoms. The van der Waals surface area contributed by atoms with E-state index in [9.17, 15) is 29.2 Å². The predicted molar refractivity (Wildman–Crippen MR) is 111 cm³/mol. The van der Waals surface area contributed by atoms with Crippen molar-refractivity contribution in [3.05, 3.63) is 39.4 Å². The van der Waals surface area contributed by atoms with Gasteiger partial charge in [-0.2, -0.15) is 0 Å². The third kappa shape index (κ3) is 4.59. The number of nitrogens with one attached hydrogen (secondary N) is 1. The van der Waals surface area contributed by atoms with Gasteiger partial charge in [-0.3, -0.25) is 19.3 Å². The van der Waals surface area contributed by atoms with Crippen molar-refractivity contribution in [3.8, 4) is 0 Å². The number of aromatic nitrogens is 1. The van der Waals surface area contributed by atoms with Gasteiger partial charge < -0.3 is 20.9 Å². The van der Waals surface area contributed by atoms with Crippen molar-refractivity contribution in [1.29, 1.82) is 0 Å². The molecule has 12 nitrogen and oxygen atoms in total. The van der Waals surface area contributed by atoms with Crippen molar-refractivity contribution in [2.45, 2.75) is 24.4 Å². The van der Waals surface area contributed by atoms with Crippen LogP contribution in [0.2, 0.25) is 0 Å². The lowest BCUT2D eigenvalue weighted by molar-refractivity contribution is -0.150. The minimum Gasteiger partial charge on any atom is -0.477 e. The van der Waals surface area contributed by atoms with Gasteiger partial charge in [0, 0.05) is 18.1 Å². The molecule has 0 aliphatic carbocycles. The highest BCUT2D eigenvalue weighted by Crippen LogP contribution is 2.41. The molecule has 0 bridgehead atoms. The van der Waals surface area contributed by atoms with Crippen LogP contribution in [0.3, 0.4) is 0 Å². The first kappa shape index (κ1) is 22.4. The molecule has 4 N–H and O–H groups in total. The number of amides is 2. The number of ether oxygens (including phenoxy) is 1. The van der Waals surface area contributed by atoms with Crippen LogP contribution in [0.15, 0.2) is 34.0 Å². The molecule has 3 heterocycles. The standard InChI is InChI=1S/C17H17N5O7S2/c1-7(23)29-4-2-3-8-5-30-15-11(14(25)22(15)12(8)16(26)27)20-13(24)10(21-28)9-6-31-17(18)19-9/h2-3,6,10-11,15H,4-5H2,1H3,(H2,18,19)(H,20,24)(H,26,27)/t10?,11-,15+/m1/s1. The molecule has 0 saturated carbocycles. The summed E-state index contributed by atoms with van der Waals surface area (Å²) in [6, 6.07) is -2.49. The number of hydrogen-bond acceptors (Lipinski definition) is 11. The number of nitrogens with two attached hydrogens (primary N) is 1. The maximum absolute atomic E-state index is 12.6. The van der Waals surface area contributed by atoms with Crippen molar-refractivity contribution >= 4 is 52.0 Å². The van der Waals surface area contributed by atoms with Crippen molar-refractivity contribution in [2.75, 3.05) is 18.1 Å². The number of esters is 1. The average Bonchev–Trinajstić information content (AvgIpc) is 3.14. The molecule has 0 aromatic carbocycles. The third-order valence-corrected chi connectivity index (χ3v) is 6.37. The van der Waals surface area contributed by atoms with E-state index >= 15 is 0 Å². The highest BCUT2D eigenvalue weighted by Gasteiger charge is 2.54. The van der Waals surface area contributed by atoms with Gasteiger partial charge in [-0.15, -0.1) is 28.0 Å². The predicted octanol–water partition coefficient (Wildman–Crippen LogP) is 0.391. The summed E-state index contributed by atoms with van der Waals surface area (Å²) in [5, 5.41) is 15.7. The molecule has 0 spiro atoms. The van der Waals surface area contributed by atoms with Crippen LogP contribution in [0, 0.1) is 4.91 Å². The molecule has 3 rings (SSSR count). The third-order valence-electron chi connectivity index (χ3n) is 4.37. The Hall–Kier alpha value is -3.26. The van der Waals surface area contributed by atoms with Crippen LogP contribution in [0.1, 0.15) is 18.7 Å². The van der Waals surface area contributed by atoms with Crippen LogP contribution in [-0.4, -0.2) is 62.5 Å². The fourth-order valence-corrected chi connectivity index (χ4v) is 4.92. The van der Waals surface area contributed by atoms with Crippen LogP contribution in [0.4, 0.5) is 5.13 Å². The Morgan fingerprint density at radius 1 is 1.52 bits per heavy atom. The van der Waals surface area contributed by atoms with E-state index in [1.807, 2.05) is 0 Å². The fourth-order valence-electron chi connectivity index (χ4n) is 3.02. The Labute approximate surface area is 183 Å². The molecule has 1 aromatic rings. The van der Waals surface area contributed by atoms with E-state index in [1.165, 1.54) is 36.2 Å². The lowest BCUT2D eigenvalue weighted by Crippen LogP contribution is -2.70. The second kappa shape index (κ2) is 9.26. The molecular weight excluding hydrogens is 450 g/mol. The normalized spacial score (nSPS) is 21.3. The maximum atomic E-state index is 12.6. The van der Waals surface area contributed by atoms with E-state index in [2.05, 4.69) is 15.5 Å². The SMILES string of the molecule is CC(=O)OCC=CC1=C(C(=O)O)N2C(=O)[C@@H](NC(=O)C(N=O)c3csc(N)n3)[C@@H]2SC1. The minimum absolute atomic E-state index is 0.0341. The number of carbonyl (C=O) groups excluding carboxylic acids is 3. The maximum Gasteiger partial charge on any atom is 0.352 e. The molecule has 3 atom stereocenters. The fraction of sp³-hybridized carbons (Fsp3) is 0.353. The molecule has 1 unspecified atom stereocenters. The van der Waals surface area contributed by atoms with Gasteiger partial charge in [0.25, 0.3) is 11.8 Å². The Morgan fingerprint density at radius 2 is 2.26 bits per heavy atom. The summed E-state index contributed by atoms with van der Waals surface area (Å²) in [6.45, 7) is 1.21. The molecule has 1 fully saturated rings.